The summed E-state index contributed by atoms with van der Waals surface area (Å²) in [6.45, 7) is 1.93. The summed E-state index contributed by atoms with van der Waals surface area (Å²) in [7, 11) is 0. The average Bonchev–Trinajstić information content (AvgIpc) is 2.20. The molecule has 1 heterocycles. The number of H-pyrrole nitrogens is 1. The minimum atomic E-state index is -0.0874. The molecule has 0 atom stereocenters. The molecule has 1 aromatic carbocycles. The first-order chi connectivity index (χ1) is 6.79. The van der Waals surface area contributed by atoms with Gasteiger partial charge in [0.2, 0.25) is 0 Å². The van der Waals surface area contributed by atoms with Gasteiger partial charge < -0.3 is 10.1 Å². The minimum Gasteiger partial charge on any atom is -0.397 e. The highest BCUT2D eigenvalue weighted by molar-refractivity contribution is 5.76. The number of benzene rings is 1. The molecular formula is C10H12N2O2. The molecule has 2 rings (SSSR count). The maximum Gasteiger partial charge on any atom is 0.258 e. The van der Waals surface area contributed by atoms with Crippen LogP contribution in [0.5, 0.6) is 0 Å². The number of rotatable bonds is 0. The maximum atomic E-state index is 11.1. The van der Waals surface area contributed by atoms with Gasteiger partial charge in [0.25, 0.3) is 5.56 Å². The van der Waals surface area contributed by atoms with E-state index >= 15 is 0 Å². The van der Waals surface area contributed by atoms with Crippen LogP contribution in [0.4, 0.5) is 0 Å². The lowest BCUT2D eigenvalue weighted by Gasteiger charge is -1.91. The quantitative estimate of drug-likeness (QED) is 0.652. The highest BCUT2D eigenvalue weighted by Gasteiger charge is 1.94. The van der Waals surface area contributed by atoms with Crippen molar-refractivity contribution >= 4 is 10.9 Å². The number of nitrogens with one attached hydrogen (secondary N) is 1. The number of nitrogens with zero attached hydrogens (tertiary/aromatic N) is 1. The summed E-state index contributed by atoms with van der Waals surface area (Å²) in [6.07, 6.45) is 1.41. The van der Waals surface area contributed by atoms with Crippen molar-refractivity contribution in [3.8, 4) is 0 Å². The molecule has 4 nitrogen and oxygen atoms in total. The van der Waals surface area contributed by atoms with Crippen LogP contribution >= 0.6 is 0 Å². The lowest BCUT2D eigenvalue weighted by Crippen LogP contribution is -2.05. The molecule has 74 valence electrons. The summed E-state index contributed by atoms with van der Waals surface area (Å²) in [5, 5.41) is 8.20. The molecule has 14 heavy (non-hydrogen) atoms. The molecule has 0 saturated heterocycles. The van der Waals surface area contributed by atoms with Gasteiger partial charge in [-0.25, -0.2) is 4.98 Å². The number of para-hydroxylation sites is 1. The van der Waals surface area contributed by atoms with E-state index in [0.717, 1.165) is 5.52 Å². The van der Waals surface area contributed by atoms with Crippen LogP contribution in [0.15, 0.2) is 35.4 Å². The van der Waals surface area contributed by atoms with Crippen LogP contribution in [0.2, 0.25) is 0 Å². The molecule has 0 unspecified atom stereocenters. The van der Waals surface area contributed by atoms with Crippen molar-refractivity contribution in [2.75, 3.05) is 6.61 Å². The van der Waals surface area contributed by atoms with Gasteiger partial charge in [0, 0.05) is 6.61 Å². The molecule has 0 fully saturated rings. The zero-order chi connectivity index (χ0) is 10.4. The van der Waals surface area contributed by atoms with Gasteiger partial charge in [-0.05, 0) is 19.1 Å². The standard InChI is InChI=1S/C8H6N2O.C2H6O/c11-8-6-3-1-2-4-7(6)9-5-10-8;1-2-3/h1-5H,(H,9,10,11);3H,2H2,1H3. The maximum absolute atomic E-state index is 11.1. The number of fused-ring (bicyclic) bond motifs is 1. The number of aromatic nitrogens is 2. The number of aliphatic hydroxyl groups is 1. The summed E-state index contributed by atoms with van der Waals surface area (Å²) >= 11 is 0. The van der Waals surface area contributed by atoms with Crippen molar-refractivity contribution in [2.45, 2.75) is 6.92 Å². The second-order valence-corrected chi connectivity index (χ2v) is 2.57. The highest BCUT2D eigenvalue weighted by atomic mass is 16.2. The Morgan fingerprint density at radius 2 is 2.07 bits per heavy atom. The third kappa shape index (κ3) is 2.40. The second kappa shape index (κ2) is 5.14. The van der Waals surface area contributed by atoms with Crippen molar-refractivity contribution in [2.24, 2.45) is 0 Å². The van der Waals surface area contributed by atoms with Crippen molar-refractivity contribution in [1.29, 1.82) is 0 Å². The van der Waals surface area contributed by atoms with Crippen LogP contribution in [0, 0.1) is 0 Å². The average molecular weight is 192 g/mol. The van der Waals surface area contributed by atoms with Gasteiger partial charge in [-0.15, -0.1) is 0 Å². The van der Waals surface area contributed by atoms with E-state index < -0.39 is 0 Å². The fourth-order valence-electron chi connectivity index (χ4n) is 1.02. The van der Waals surface area contributed by atoms with Crippen LogP contribution in [-0.4, -0.2) is 21.7 Å². The van der Waals surface area contributed by atoms with E-state index in [4.69, 9.17) is 5.11 Å². The zero-order valence-electron chi connectivity index (χ0n) is 7.90. The molecule has 0 aliphatic rings. The molecule has 0 radical (unpaired) electrons. The van der Waals surface area contributed by atoms with Gasteiger partial charge in [-0.3, -0.25) is 4.79 Å². The first kappa shape index (κ1) is 10.4. The van der Waals surface area contributed by atoms with Crippen molar-refractivity contribution in [3.05, 3.63) is 40.9 Å². The summed E-state index contributed by atoms with van der Waals surface area (Å²) in [5.74, 6) is 0. The predicted molar refractivity (Wildman–Crippen MR) is 55.1 cm³/mol. The molecule has 0 amide bonds. The Labute approximate surface area is 81.2 Å². The molecule has 2 N–H and O–H groups in total. The Bertz CT molecular complexity index is 446. The van der Waals surface area contributed by atoms with E-state index in [1.165, 1.54) is 6.33 Å². The summed E-state index contributed by atoms with van der Waals surface area (Å²) in [6, 6.07) is 7.24. The SMILES string of the molecule is CCO.O=c1[nH]cnc2ccccc12. The lowest BCUT2D eigenvalue weighted by molar-refractivity contribution is 0.318. The fraction of sp³-hybridized carbons (Fsp3) is 0.200. The largest absolute Gasteiger partial charge is 0.397 e. The molecule has 2 aromatic rings. The van der Waals surface area contributed by atoms with Gasteiger partial charge >= 0.3 is 0 Å². The first-order valence-electron chi connectivity index (χ1n) is 4.33. The highest BCUT2D eigenvalue weighted by Crippen LogP contribution is 2.02. The number of hydrogen-bond acceptors (Lipinski definition) is 3. The van der Waals surface area contributed by atoms with Gasteiger partial charge in [-0.2, -0.15) is 0 Å². The van der Waals surface area contributed by atoms with Crippen LogP contribution in [0.1, 0.15) is 6.92 Å². The Kier molecular flexibility index (Phi) is 3.82. The summed E-state index contributed by atoms with van der Waals surface area (Å²) in [5.41, 5.74) is 0.645. The number of aliphatic hydroxyl groups excluding tert-OH is 1. The monoisotopic (exact) mass is 192 g/mol. The van der Waals surface area contributed by atoms with E-state index in [1.54, 1.807) is 13.0 Å². The van der Waals surface area contributed by atoms with Gasteiger partial charge in [0.1, 0.15) is 0 Å². The van der Waals surface area contributed by atoms with Gasteiger partial charge in [0.15, 0.2) is 0 Å². The van der Waals surface area contributed by atoms with E-state index in [1.807, 2.05) is 18.2 Å². The molecule has 0 saturated carbocycles. The topological polar surface area (TPSA) is 66.0 Å². The van der Waals surface area contributed by atoms with E-state index in [2.05, 4.69) is 9.97 Å². The van der Waals surface area contributed by atoms with E-state index in [-0.39, 0.29) is 12.2 Å². The second-order valence-electron chi connectivity index (χ2n) is 2.57. The minimum absolute atomic E-state index is 0.0874. The third-order valence-corrected chi connectivity index (χ3v) is 1.55. The number of aromatic amines is 1. The molecule has 1 aromatic heterocycles. The van der Waals surface area contributed by atoms with E-state index in [0.29, 0.717) is 5.39 Å². The van der Waals surface area contributed by atoms with Crippen LogP contribution in [0.25, 0.3) is 10.9 Å². The van der Waals surface area contributed by atoms with Crippen molar-refractivity contribution < 1.29 is 5.11 Å². The third-order valence-electron chi connectivity index (χ3n) is 1.55. The Morgan fingerprint density at radius 1 is 1.43 bits per heavy atom. The zero-order valence-corrected chi connectivity index (χ0v) is 7.90. The first-order valence-corrected chi connectivity index (χ1v) is 4.33. The predicted octanol–water partition coefficient (Wildman–Crippen LogP) is 0.922. The molecule has 4 heteroatoms. The summed E-state index contributed by atoms with van der Waals surface area (Å²) in [4.78, 5) is 17.6. The molecule has 0 bridgehead atoms. The molecular weight excluding hydrogens is 180 g/mol. The molecule has 0 spiro atoms. The Hall–Kier alpha value is -1.68. The smallest absolute Gasteiger partial charge is 0.258 e. The normalized spacial score (nSPS) is 9.29. The van der Waals surface area contributed by atoms with Crippen molar-refractivity contribution in [1.82, 2.24) is 9.97 Å². The Morgan fingerprint density at radius 3 is 2.71 bits per heavy atom. The lowest BCUT2D eigenvalue weighted by atomic mass is 10.2. The van der Waals surface area contributed by atoms with Crippen LogP contribution in [-0.2, 0) is 0 Å². The number of hydrogen-bond donors (Lipinski definition) is 2. The molecule has 0 aliphatic carbocycles. The summed E-state index contributed by atoms with van der Waals surface area (Å²) < 4.78 is 0. The van der Waals surface area contributed by atoms with Gasteiger partial charge in [0.05, 0.1) is 17.2 Å². The molecule has 0 aliphatic heterocycles. The fourth-order valence-corrected chi connectivity index (χ4v) is 1.02. The Balaban J connectivity index is 0.000000293. The van der Waals surface area contributed by atoms with Gasteiger partial charge in [-0.1, -0.05) is 12.1 Å². The van der Waals surface area contributed by atoms with Crippen LogP contribution < -0.4 is 5.56 Å². The van der Waals surface area contributed by atoms with E-state index in [9.17, 15) is 4.79 Å². The van der Waals surface area contributed by atoms with Crippen molar-refractivity contribution in [3.63, 3.8) is 0 Å². The van der Waals surface area contributed by atoms with Crippen LogP contribution in [0.3, 0.4) is 0 Å².